The van der Waals surface area contributed by atoms with Crippen LogP contribution in [-0.2, 0) is 4.79 Å². The predicted octanol–water partition coefficient (Wildman–Crippen LogP) is 3.12. The molecule has 100 valence electrons. The molecule has 3 heteroatoms. The van der Waals surface area contributed by atoms with Crippen molar-refractivity contribution in [3.05, 3.63) is 29.8 Å². The SMILES string of the molecule is CCC(C)c1ccc(NC(=O)[C@@H](N)C(C)C)cc1. The van der Waals surface area contributed by atoms with Gasteiger partial charge in [0.1, 0.15) is 0 Å². The van der Waals surface area contributed by atoms with Gasteiger partial charge in [-0.25, -0.2) is 0 Å². The lowest BCUT2D eigenvalue weighted by Gasteiger charge is -2.16. The van der Waals surface area contributed by atoms with Crippen LogP contribution < -0.4 is 11.1 Å². The average molecular weight is 248 g/mol. The molecule has 0 saturated carbocycles. The molecular weight excluding hydrogens is 224 g/mol. The highest BCUT2D eigenvalue weighted by atomic mass is 16.2. The number of rotatable bonds is 5. The molecule has 0 aliphatic heterocycles. The Morgan fingerprint density at radius 1 is 1.22 bits per heavy atom. The van der Waals surface area contributed by atoms with E-state index in [0.717, 1.165) is 12.1 Å². The molecule has 18 heavy (non-hydrogen) atoms. The fraction of sp³-hybridized carbons (Fsp3) is 0.533. The minimum absolute atomic E-state index is 0.124. The minimum Gasteiger partial charge on any atom is -0.325 e. The number of carbonyl (C=O) groups is 1. The molecule has 0 spiro atoms. The van der Waals surface area contributed by atoms with E-state index in [4.69, 9.17) is 5.73 Å². The van der Waals surface area contributed by atoms with Gasteiger partial charge in [-0.05, 0) is 36.0 Å². The van der Waals surface area contributed by atoms with Gasteiger partial charge in [-0.2, -0.15) is 0 Å². The third-order valence-electron chi connectivity index (χ3n) is 3.38. The molecule has 0 fully saturated rings. The molecule has 0 bridgehead atoms. The third-order valence-corrected chi connectivity index (χ3v) is 3.38. The number of anilines is 1. The smallest absolute Gasteiger partial charge is 0.241 e. The van der Waals surface area contributed by atoms with E-state index in [1.54, 1.807) is 0 Å². The normalized spacial score (nSPS) is 14.3. The third kappa shape index (κ3) is 3.84. The van der Waals surface area contributed by atoms with Crippen LogP contribution in [-0.4, -0.2) is 11.9 Å². The standard InChI is InChI=1S/C15H24N2O/c1-5-11(4)12-6-8-13(9-7-12)17-15(18)14(16)10(2)3/h6-11,14H,5,16H2,1-4H3,(H,17,18)/t11?,14-/m0/s1. The summed E-state index contributed by atoms with van der Waals surface area (Å²) in [6.07, 6.45) is 1.12. The Balaban J connectivity index is 2.67. The zero-order chi connectivity index (χ0) is 13.7. The van der Waals surface area contributed by atoms with Gasteiger partial charge in [-0.15, -0.1) is 0 Å². The van der Waals surface area contributed by atoms with Crippen molar-refractivity contribution in [2.75, 3.05) is 5.32 Å². The number of nitrogens with one attached hydrogen (secondary N) is 1. The van der Waals surface area contributed by atoms with Crippen LogP contribution in [0.4, 0.5) is 5.69 Å². The second kappa shape index (κ2) is 6.55. The van der Waals surface area contributed by atoms with E-state index in [1.165, 1.54) is 5.56 Å². The lowest BCUT2D eigenvalue weighted by molar-refractivity contribution is -0.118. The van der Waals surface area contributed by atoms with Crippen molar-refractivity contribution < 1.29 is 4.79 Å². The molecule has 0 heterocycles. The molecule has 0 aromatic heterocycles. The van der Waals surface area contributed by atoms with Crippen molar-refractivity contribution in [3.63, 3.8) is 0 Å². The zero-order valence-corrected chi connectivity index (χ0v) is 11.7. The maximum Gasteiger partial charge on any atom is 0.241 e. The highest BCUT2D eigenvalue weighted by molar-refractivity contribution is 5.94. The van der Waals surface area contributed by atoms with Crippen LogP contribution in [0.25, 0.3) is 0 Å². The topological polar surface area (TPSA) is 55.1 Å². The molecule has 1 unspecified atom stereocenters. The van der Waals surface area contributed by atoms with Gasteiger partial charge in [-0.3, -0.25) is 4.79 Å². The summed E-state index contributed by atoms with van der Waals surface area (Å²) in [7, 11) is 0. The van der Waals surface area contributed by atoms with Gasteiger partial charge >= 0.3 is 0 Å². The Labute approximate surface area is 110 Å². The van der Waals surface area contributed by atoms with Crippen LogP contribution in [0.2, 0.25) is 0 Å². The van der Waals surface area contributed by atoms with Crippen molar-refractivity contribution in [2.24, 2.45) is 11.7 Å². The Morgan fingerprint density at radius 3 is 2.22 bits per heavy atom. The first-order valence-corrected chi connectivity index (χ1v) is 6.62. The second-order valence-corrected chi connectivity index (χ2v) is 5.19. The van der Waals surface area contributed by atoms with E-state index >= 15 is 0 Å². The number of nitrogens with two attached hydrogens (primary N) is 1. The molecule has 0 aliphatic rings. The predicted molar refractivity (Wildman–Crippen MR) is 76.6 cm³/mol. The van der Waals surface area contributed by atoms with Crippen LogP contribution >= 0.6 is 0 Å². The van der Waals surface area contributed by atoms with Crippen LogP contribution in [0.1, 0.15) is 45.6 Å². The summed E-state index contributed by atoms with van der Waals surface area (Å²) >= 11 is 0. The summed E-state index contributed by atoms with van der Waals surface area (Å²) in [5.41, 5.74) is 7.90. The maximum atomic E-state index is 11.8. The Morgan fingerprint density at radius 2 is 1.78 bits per heavy atom. The molecular formula is C15H24N2O. The molecule has 1 rings (SSSR count). The molecule has 0 saturated heterocycles. The molecule has 1 aromatic carbocycles. The lowest BCUT2D eigenvalue weighted by atomic mass is 9.98. The average Bonchev–Trinajstić information content (AvgIpc) is 2.37. The number of benzene rings is 1. The molecule has 1 aromatic rings. The van der Waals surface area contributed by atoms with Gasteiger partial charge in [0, 0.05) is 5.69 Å². The quantitative estimate of drug-likeness (QED) is 0.841. The van der Waals surface area contributed by atoms with E-state index in [-0.39, 0.29) is 11.8 Å². The lowest BCUT2D eigenvalue weighted by Crippen LogP contribution is -2.39. The van der Waals surface area contributed by atoms with Gasteiger partial charge in [0.15, 0.2) is 0 Å². The number of amides is 1. The largest absolute Gasteiger partial charge is 0.325 e. The molecule has 3 N–H and O–H groups in total. The monoisotopic (exact) mass is 248 g/mol. The van der Waals surface area contributed by atoms with E-state index < -0.39 is 6.04 Å². The van der Waals surface area contributed by atoms with Crippen molar-refractivity contribution >= 4 is 11.6 Å². The number of carbonyl (C=O) groups excluding carboxylic acids is 1. The van der Waals surface area contributed by atoms with E-state index in [9.17, 15) is 4.79 Å². The Bertz CT molecular complexity index is 384. The van der Waals surface area contributed by atoms with Crippen LogP contribution in [0, 0.1) is 5.92 Å². The number of hydrogen-bond donors (Lipinski definition) is 2. The molecule has 0 radical (unpaired) electrons. The Hall–Kier alpha value is -1.35. The zero-order valence-electron chi connectivity index (χ0n) is 11.7. The Kier molecular flexibility index (Phi) is 5.35. The van der Waals surface area contributed by atoms with Gasteiger partial charge in [-0.1, -0.05) is 39.8 Å². The van der Waals surface area contributed by atoms with Gasteiger partial charge in [0.2, 0.25) is 5.91 Å². The molecule has 1 amide bonds. The first-order valence-electron chi connectivity index (χ1n) is 6.62. The van der Waals surface area contributed by atoms with Gasteiger partial charge < -0.3 is 11.1 Å². The summed E-state index contributed by atoms with van der Waals surface area (Å²) in [5, 5.41) is 2.84. The molecule has 3 nitrogen and oxygen atoms in total. The van der Waals surface area contributed by atoms with Crippen LogP contribution in [0.15, 0.2) is 24.3 Å². The summed E-state index contributed by atoms with van der Waals surface area (Å²) < 4.78 is 0. The molecule has 2 atom stereocenters. The van der Waals surface area contributed by atoms with E-state index in [0.29, 0.717) is 5.92 Å². The summed E-state index contributed by atoms with van der Waals surface area (Å²) in [5.74, 6) is 0.568. The van der Waals surface area contributed by atoms with E-state index in [2.05, 4.69) is 31.3 Å². The van der Waals surface area contributed by atoms with Crippen molar-refractivity contribution in [3.8, 4) is 0 Å². The van der Waals surface area contributed by atoms with Crippen molar-refractivity contribution in [2.45, 2.75) is 46.1 Å². The second-order valence-electron chi connectivity index (χ2n) is 5.19. The maximum absolute atomic E-state index is 11.8. The van der Waals surface area contributed by atoms with Gasteiger partial charge in [0.05, 0.1) is 6.04 Å². The van der Waals surface area contributed by atoms with Crippen molar-refractivity contribution in [1.29, 1.82) is 0 Å². The fourth-order valence-corrected chi connectivity index (χ4v) is 1.66. The van der Waals surface area contributed by atoms with Crippen LogP contribution in [0.3, 0.4) is 0 Å². The van der Waals surface area contributed by atoms with Crippen LogP contribution in [0.5, 0.6) is 0 Å². The summed E-state index contributed by atoms with van der Waals surface area (Å²) in [4.78, 5) is 11.8. The summed E-state index contributed by atoms with van der Waals surface area (Å²) in [6, 6.07) is 7.54. The number of hydrogen-bond acceptors (Lipinski definition) is 2. The fourth-order valence-electron chi connectivity index (χ4n) is 1.66. The summed E-state index contributed by atoms with van der Waals surface area (Å²) in [6.45, 7) is 8.25. The highest BCUT2D eigenvalue weighted by Crippen LogP contribution is 2.20. The first-order chi connectivity index (χ1) is 8.45. The van der Waals surface area contributed by atoms with Crippen molar-refractivity contribution in [1.82, 2.24) is 0 Å². The first kappa shape index (κ1) is 14.7. The van der Waals surface area contributed by atoms with E-state index in [1.807, 2.05) is 26.0 Å². The highest BCUT2D eigenvalue weighted by Gasteiger charge is 2.17. The minimum atomic E-state index is -0.459. The molecule has 0 aliphatic carbocycles. The van der Waals surface area contributed by atoms with Gasteiger partial charge in [0.25, 0.3) is 0 Å².